The summed E-state index contributed by atoms with van der Waals surface area (Å²) in [4.78, 5) is 4.18. The molecule has 1 N–H and O–H groups in total. The smallest absolute Gasteiger partial charge is 0.165 e. The van der Waals surface area contributed by atoms with Crippen LogP contribution in [0, 0.1) is 5.82 Å². The van der Waals surface area contributed by atoms with Crippen molar-refractivity contribution < 1.29 is 14.2 Å². The van der Waals surface area contributed by atoms with Crippen LogP contribution in [0.25, 0.3) is 10.6 Å². The van der Waals surface area contributed by atoms with Crippen LogP contribution in [-0.4, -0.2) is 16.7 Å². The number of hydrogen-bond donors (Lipinski definition) is 1. The molecule has 0 unspecified atom stereocenters. The van der Waals surface area contributed by atoms with E-state index >= 15 is 0 Å². The molecule has 0 spiro atoms. The molecule has 0 fully saturated rings. The molecule has 17 heavy (non-hydrogen) atoms. The van der Waals surface area contributed by atoms with Gasteiger partial charge in [-0.3, -0.25) is 0 Å². The lowest BCUT2D eigenvalue weighted by atomic mass is 10.2. The van der Waals surface area contributed by atoms with Crippen molar-refractivity contribution in [2.75, 3.05) is 6.61 Å². The van der Waals surface area contributed by atoms with Gasteiger partial charge in [-0.2, -0.15) is 0 Å². The molecule has 0 aliphatic carbocycles. The summed E-state index contributed by atoms with van der Waals surface area (Å²) in [5, 5.41) is 11.4. The van der Waals surface area contributed by atoms with Gasteiger partial charge in [-0.1, -0.05) is 0 Å². The highest BCUT2D eigenvalue weighted by Gasteiger charge is 2.08. The quantitative estimate of drug-likeness (QED) is 0.911. The molecule has 1 heterocycles. The molecular formula is C12H12FNO2S. The standard InChI is InChI=1S/C12H12FNO2S/c1-2-16-11-4-3-8(5-10(11)13)12-14-9(6-15)7-17-12/h3-5,7,15H,2,6H2,1H3. The number of benzene rings is 1. The molecule has 0 aliphatic heterocycles. The van der Waals surface area contributed by atoms with Crippen LogP contribution in [0.5, 0.6) is 5.75 Å². The zero-order valence-corrected chi connectivity index (χ0v) is 10.1. The summed E-state index contributed by atoms with van der Waals surface area (Å²) in [6.07, 6.45) is 0. The molecule has 0 aliphatic rings. The van der Waals surface area contributed by atoms with Crippen molar-refractivity contribution in [3.8, 4) is 16.3 Å². The second-order valence-electron chi connectivity index (χ2n) is 3.38. The molecule has 0 bridgehead atoms. The van der Waals surface area contributed by atoms with Crippen molar-refractivity contribution in [1.82, 2.24) is 4.98 Å². The van der Waals surface area contributed by atoms with Crippen molar-refractivity contribution in [2.24, 2.45) is 0 Å². The number of ether oxygens (including phenoxy) is 1. The summed E-state index contributed by atoms with van der Waals surface area (Å²) < 4.78 is 18.7. The van der Waals surface area contributed by atoms with E-state index in [2.05, 4.69) is 4.98 Å². The van der Waals surface area contributed by atoms with Crippen molar-refractivity contribution in [2.45, 2.75) is 13.5 Å². The Labute approximate surface area is 103 Å². The Kier molecular flexibility index (Phi) is 3.71. The van der Waals surface area contributed by atoms with Crippen molar-refractivity contribution in [1.29, 1.82) is 0 Å². The third-order valence-corrected chi connectivity index (χ3v) is 3.13. The number of rotatable bonds is 4. The number of nitrogens with zero attached hydrogens (tertiary/aromatic N) is 1. The summed E-state index contributed by atoms with van der Waals surface area (Å²) in [5.74, 6) is -0.153. The predicted octanol–water partition coefficient (Wildman–Crippen LogP) is 2.84. The van der Waals surface area contributed by atoms with Gasteiger partial charge in [0.25, 0.3) is 0 Å². The normalized spacial score (nSPS) is 10.5. The van der Waals surface area contributed by atoms with E-state index in [1.807, 2.05) is 6.92 Å². The summed E-state index contributed by atoms with van der Waals surface area (Å²) in [6.45, 7) is 2.14. The van der Waals surface area contributed by atoms with Crippen LogP contribution < -0.4 is 4.74 Å². The Morgan fingerprint density at radius 2 is 2.29 bits per heavy atom. The minimum Gasteiger partial charge on any atom is -0.491 e. The van der Waals surface area contributed by atoms with Crippen LogP contribution in [0.1, 0.15) is 12.6 Å². The van der Waals surface area contributed by atoms with E-state index in [0.29, 0.717) is 22.9 Å². The van der Waals surface area contributed by atoms with E-state index in [0.717, 1.165) is 0 Å². The first-order valence-corrected chi connectivity index (χ1v) is 6.10. The van der Waals surface area contributed by atoms with Crippen LogP contribution in [-0.2, 0) is 6.61 Å². The largest absolute Gasteiger partial charge is 0.491 e. The Bertz CT molecular complexity index is 513. The highest BCUT2D eigenvalue weighted by atomic mass is 32.1. The van der Waals surface area contributed by atoms with Gasteiger partial charge >= 0.3 is 0 Å². The van der Waals surface area contributed by atoms with Crippen LogP contribution in [0.3, 0.4) is 0 Å². The maximum atomic E-state index is 13.6. The zero-order chi connectivity index (χ0) is 12.3. The topological polar surface area (TPSA) is 42.4 Å². The minimum atomic E-state index is -0.398. The van der Waals surface area contributed by atoms with Crippen LogP contribution in [0.4, 0.5) is 4.39 Å². The lowest BCUT2D eigenvalue weighted by molar-refractivity contribution is 0.278. The number of halogens is 1. The molecule has 0 amide bonds. The first kappa shape index (κ1) is 12.0. The second kappa shape index (κ2) is 5.25. The Morgan fingerprint density at radius 3 is 2.88 bits per heavy atom. The van der Waals surface area contributed by atoms with Crippen molar-refractivity contribution >= 4 is 11.3 Å². The van der Waals surface area contributed by atoms with E-state index in [9.17, 15) is 4.39 Å². The SMILES string of the molecule is CCOc1ccc(-c2nc(CO)cs2)cc1F. The Morgan fingerprint density at radius 1 is 1.47 bits per heavy atom. The summed E-state index contributed by atoms with van der Waals surface area (Å²) in [6, 6.07) is 4.74. The molecule has 2 rings (SSSR count). The van der Waals surface area contributed by atoms with Gasteiger partial charge < -0.3 is 9.84 Å². The summed E-state index contributed by atoms with van der Waals surface area (Å²) in [5.41, 5.74) is 1.29. The molecule has 0 saturated carbocycles. The van der Waals surface area contributed by atoms with Gasteiger partial charge in [0.15, 0.2) is 11.6 Å². The Hall–Kier alpha value is -1.46. The van der Waals surface area contributed by atoms with E-state index in [4.69, 9.17) is 9.84 Å². The van der Waals surface area contributed by atoms with E-state index in [1.165, 1.54) is 17.4 Å². The monoisotopic (exact) mass is 253 g/mol. The number of aliphatic hydroxyl groups excluding tert-OH is 1. The molecular weight excluding hydrogens is 241 g/mol. The Balaban J connectivity index is 2.30. The average Bonchev–Trinajstić information content (AvgIpc) is 2.80. The van der Waals surface area contributed by atoms with Crippen molar-refractivity contribution in [3.05, 3.63) is 35.1 Å². The van der Waals surface area contributed by atoms with Gasteiger partial charge in [0.2, 0.25) is 0 Å². The fourth-order valence-electron chi connectivity index (χ4n) is 1.42. The molecule has 5 heteroatoms. The van der Waals surface area contributed by atoms with Crippen LogP contribution in [0.15, 0.2) is 23.6 Å². The molecule has 3 nitrogen and oxygen atoms in total. The highest BCUT2D eigenvalue weighted by Crippen LogP contribution is 2.28. The van der Waals surface area contributed by atoms with Gasteiger partial charge in [-0.05, 0) is 25.1 Å². The molecule has 1 aromatic heterocycles. The van der Waals surface area contributed by atoms with Gasteiger partial charge in [0, 0.05) is 10.9 Å². The predicted molar refractivity (Wildman–Crippen MR) is 64.6 cm³/mol. The summed E-state index contributed by atoms with van der Waals surface area (Å²) >= 11 is 1.38. The van der Waals surface area contributed by atoms with Gasteiger partial charge in [0.05, 0.1) is 18.9 Å². The van der Waals surface area contributed by atoms with Crippen LogP contribution in [0.2, 0.25) is 0 Å². The third-order valence-electron chi connectivity index (χ3n) is 2.19. The lowest BCUT2D eigenvalue weighted by Crippen LogP contribution is -1.94. The van der Waals surface area contributed by atoms with Gasteiger partial charge in [-0.25, -0.2) is 9.37 Å². The maximum Gasteiger partial charge on any atom is 0.165 e. The van der Waals surface area contributed by atoms with Gasteiger partial charge in [-0.15, -0.1) is 11.3 Å². The van der Waals surface area contributed by atoms with E-state index < -0.39 is 5.82 Å². The molecule has 0 radical (unpaired) electrons. The van der Waals surface area contributed by atoms with E-state index in [1.54, 1.807) is 17.5 Å². The zero-order valence-electron chi connectivity index (χ0n) is 9.31. The van der Waals surface area contributed by atoms with Gasteiger partial charge in [0.1, 0.15) is 5.01 Å². The average molecular weight is 253 g/mol. The van der Waals surface area contributed by atoms with Crippen molar-refractivity contribution in [3.63, 3.8) is 0 Å². The number of thiazole rings is 1. The fourth-order valence-corrected chi connectivity index (χ4v) is 2.23. The first-order valence-electron chi connectivity index (χ1n) is 5.22. The lowest BCUT2D eigenvalue weighted by Gasteiger charge is -2.05. The third kappa shape index (κ3) is 2.62. The number of hydrogen-bond acceptors (Lipinski definition) is 4. The molecule has 1 aromatic carbocycles. The first-order chi connectivity index (χ1) is 8.24. The molecule has 0 atom stereocenters. The number of aromatic nitrogens is 1. The molecule has 90 valence electrons. The van der Waals surface area contributed by atoms with Crippen LogP contribution >= 0.6 is 11.3 Å². The summed E-state index contributed by atoms with van der Waals surface area (Å²) in [7, 11) is 0. The minimum absolute atomic E-state index is 0.101. The number of aliphatic hydroxyl groups is 1. The maximum absolute atomic E-state index is 13.6. The molecule has 2 aromatic rings. The van der Waals surface area contributed by atoms with E-state index in [-0.39, 0.29) is 12.4 Å². The molecule has 0 saturated heterocycles. The highest BCUT2D eigenvalue weighted by molar-refractivity contribution is 7.13. The fraction of sp³-hybridized carbons (Fsp3) is 0.250. The second-order valence-corrected chi connectivity index (χ2v) is 4.24.